The molecule has 0 saturated heterocycles. The minimum Gasteiger partial charge on any atom is -0.480 e. The normalized spacial score (nSPS) is 19.1. The van der Waals surface area contributed by atoms with Crippen molar-refractivity contribution in [3.63, 3.8) is 0 Å². The van der Waals surface area contributed by atoms with Crippen LogP contribution in [0, 0.1) is 5.82 Å². The smallest absolute Gasteiger partial charge is 0.263 e. The highest BCUT2D eigenvalue weighted by Crippen LogP contribution is 2.23. The van der Waals surface area contributed by atoms with Crippen molar-refractivity contribution in [2.24, 2.45) is 5.73 Å². The number of aliphatic hydroxyl groups excluding tert-OH is 1. The Balaban J connectivity index is 0.000000189. The zero-order valence-corrected chi connectivity index (χ0v) is 19.3. The molecule has 1 aromatic carbocycles. The molecule has 3 heterocycles. The van der Waals surface area contributed by atoms with Gasteiger partial charge in [0.05, 0.1) is 36.8 Å². The number of aromatic nitrogens is 4. The van der Waals surface area contributed by atoms with Crippen LogP contribution in [0.25, 0.3) is 11.0 Å². The molecule has 1 amide bonds. The zero-order valence-electron chi connectivity index (χ0n) is 19.3. The first kappa shape index (κ1) is 24.6. The Bertz CT molecular complexity index is 1200. The molecule has 1 fully saturated rings. The van der Waals surface area contributed by atoms with Crippen molar-refractivity contribution in [3.05, 3.63) is 41.6 Å². The van der Waals surface area contributed by atoms with Crippen molar-refractivity contribution < 1.29 is 23.8 Å². The molecule has 1 saturated carbocycles. The second-order valence-electron chi connectivity index (χ2n) is 8.20. The Hall–Kier alpha value is -3.48. The Morgan fingerprint density at radius 1 is 1.26 bits per heavy atom. The van der Waals surface area contributed by atoms with Crippen LogP contribution in [-0.4, -0.2) is 56.8 Å². The second kappa shape index (κ2) is 11.3. The first-order valence-electron chi connectivity index (χ1n) is 11.4. The number of fused-ring (bicyclic) bond motifs is 2. The van der Waals surface area contributed by atoms with Gasteiger partial charge in [-0.1, -0.05) is 12.8 Å². The minimum absolute atomic E-state index is 0.00183. The van der Waals surface area contributed by atoms with E-state index in [2.05, 4.69) is 30.6 Å². The number of benzene rings is 1. The van der Waals surface area contributed by atoms with E-state index in [-0.39, 0.29) is 37.0 Å². The number of amides is 1. The Morgan fingerprint density at radius 3 is 2.86 bits per heavy atom. The summed E-state index contributed by atoms with van der Waals surface area (Å²) in [7, 11) is 1.51. The van der Waals surface area contributed by atoms with Gasteiger partial charge in [0.15, 0.2) is 12.4 Å². The minimum atomic E-state index is -0.368. The highest BCUT2D eigenvalue weighted by molar-refractivity contribution is 5.93. The van der Waals surface area contributed by atoms with Crippen molar-refractivity contribution in [2.75, 3.05) is 19.0 Å². The third-order valence-corrected chi connectivity index (χ3v) is 5.82. The maximum absolute atomic E-state index is 14.2. The molecule has 2 aliphatic rings. The lowest BCUT2D eigenvalue weighted by Gasteiger charge is -2.28. The van der Waals surface area contributed by atoms with E-state index in [0.717, 1.165) is 25.7 Å². The topological polar surface area (TPSA) is 157 Å². The number of methoxy groups -OCH3 is 1. The molecular formula is C23H28FN7O4. The van der Waals surface area contributed by atoms with E-state index in [4.69, 9.17) is 15.2 Å². The SMILES string of the molecule is COc1cnc2ccc(F)c(CNC3CCCCC3O)c2n1.NCc1cnc2c(n1)NC(=O)CO2. The van der Waals surface area contributed by atoms with Gasteiger partial charge >= 0.3 is 0 Å². The molecule has 5 rings (SSSR count). The number of carbonyl (C=O) groups excluding carboxylic acids is 1. The van der Waals surface area contributed by atoms with Gasteiger partial charge in [-0.25, -0.2) is 24.3 Å². The van der Waals surface area contributed by atoms with Crippen molar-refractivity contribution in [3.8, 4) is 11.8 Å². The van der Waals surface area contributed by atoms with Crippen molar-refractivity contribution in [1.29, 1.82) is 0 Å². The number of nitrogens with one attached hydrogen (secondary N) is 2. The molecule has 1 aliphatic carbocycles. The summed E-state index contributed by atoms with van der Waals surface area (Å²) >= 11 is 0. The molecule has 1 aliphatic heterocycles. The van der Waals surface area contributed by atoms with Gasteiger partial charge in [0.2, 0.25) is 5.88 Å². The van der Waals surface area contributed by atoms with E-state index in [0.29, 0.717) is 46.4 Å². The van der Waals surface area contributed by atoms with Crippen LogP contribution in [0.15, 0.2) is 24.5 Å². The summed E-state index contributed by atoms with van der Waals surface area (Å²) in [5.74, 6) is 0.497. The first-order chi connectivity index (χ1) is 17.0. The van der Waals surface area contributed by atoms with Crippen molar-refractivity contribution >= 4 is 22.8 Å². The Kier molecular flexibility index (Phi) is 7.95. The third-order valence-electron chi connectivity index (χ3n) is 5.82. The van der Waals surface area contributed by atoms with Crippen molar-refractivity contribution in [2.45, 2.75) is 50.9 Å². The maximum Gasteiger partial charge on any atom is 0.263 e. The fourth-order valence-corrected chi connectivity index (χ4v) is 3.94. The standard InChI is InChI=1S/C16H20FN3O2.C7H8N4O2/c1-22-15-9-19-13-7-6-11(17)10(16(13)20-15)8-18-12-4-2-3-5-14(12)21;8-1-4-2-9-7-6(10-4)11-5(12)3-13-7/h6-7,9,12,14,18,21H,2-5,8H2,1H3;2H,1,3,8H2,(H,10,11,12). The van der Waals surface area contributed by atoms with E-state index < -0.39 is 0 Å². The third kappa shape index (κ3) is 5.96. The Morgan fingerprint density at radius 2 is 2.09 bits per heavy atom. The molecule has 12 heteroatoms. The summed E-state index contributed by atoms with van der Waals surface area (Å²) in [5.41, 5.74) is 7.56. The number of rotatable bonds is 5. The van der Waals surface area contributed by atoms with E-state index in [9.17, 15) is 14.3 Å². The number of anilines is 1. The summed E-state index contributed by atoms with van der Waals surface area (Å²) in [6.45, 7) is 0.590. The van der Waals surface area contributed by atoms with Crippen LogP contribution in [0.4, 0.5) is 10.2 Å². The predicted molar refractivity (Wildman–Crippen MR) is 125 cm³/mol. The quantitative estimate of drug-likeness (QED) is 0.417. The van der Waals surface area contributed by atoms with Crippen LogP contribution < -0.4 is 25.8 Å². The van der Waals surface area contributed by atoms with Crippen LogP contribution in [-0.2, 0) is 17.9 Å². The first-order valence-corrected chi connectivity index (χ1v) is 11.4. The molecule has 2 unspecified atom stereocenters. The monoisotopic (exact) mass is 485 g/mol. The lowest BCUT2D eigenvalue weighted by molar-refractivity contribution is -0.118. The number of hydrogen-bond donors (Lipinski definition) is 4. The fraction of sp³-hybridized carbons (Fsp3) is 0.435. The van der Waals surface area contributed by atoms with E-state index in [1.807, 2.05) is 0 Å². The van der Waals surface area contributed by atoms with Crippen LogP contribution in [0.3, 0.4) is 0 Å². The molecule has 2 atom stereocenters. The van der Waals surface area contributed by atoms with Gasteiger partial charge in [-0.05, 0) is 25.0 Å². The van der Waals surface area contributed by atoms with Crippen LogP contribution in [0.1, 0.15) is 36.9 Å². The number of hydrogen-bond acceptors (Lipinski definition) is 10. The van der Waals surface area contributed by atoms with Gasteiger partial charge in [-0.2, -0.15) is 0 Å². The summed E-state index contributed by atoms with van der Waals surface area (Å²) in [4.78, 5) is 27.4. The van der Waals surface area contributed by atoms with Gasteiger partial charge in [0, 0.05) is 24.7 Å². The molecule has 0 radical (unpaired) electrons. The molecule has 35 heavy (non-hydrogen) atoms. The molecule has 3 aromatic rings. The lowest BCUT2D eigenvalue weighted by Crippen LogP contribution is -2.41. The summed E-state index contributed by atoms with van der Waals surface area (Å²) < 4.78 is 24.3. The highest BCUT2D eigenvalue weighted by atomic mass is 19.1. The largest absolute Gasteiger partial charge is 0.480 e. The number of nitrogens with zero attached hydrogens (tertiary/aromatic N) is 4. The fourth-order valence-electron chi connectivity index (χ4n) is 3.94. The van der Waals surface area contributed by atoms with Gasteiger partial charge in [-0.3, -0.25) is 4.79 Å². The average molecular weight is 486 g/mol. The number of ether oxygens (including phenoxy) is 2. The molecule has 0 bridgehead atoms. The molecular weight excluding hydrogens is 457 g/mol. The second-order valence-corrected chi connectivity index (χ2v) is 8.20. The maximum atomic E-state index is 14.2. The Labute approximate surface area is 201 Å². The predicted octanol–water partition coefficient (Wildman–Crippen LogP) is 1.44. The lowest BCUT2D eigenvalue weighted by atomic mass is 9.92. The van der Waals surface area contributed by atoms with Crippen LogP contribution in [0.5, 0.6) is 11.8 Å². The average Bonchev–Trinajstić information content (AvgIpc) is 2.88. The molecule has 2 aromatic heterocycles. The van der Waals surface area contributed by atoms with Gasteiger partial charge in [0.25, 0.3) is 11.8 Å². The molecule has 186 valence electrons. The van der Waals surface area contributed by atoms with Crippen LogP contribution >= 0.6 is 0 Å². The van der Waals surface area contributed by atoms with Gasteiger partial charge in [0.1, 0.15) is 11.3 Å². The van der Waals surface area contributed by atoms with Gasteiger partial charge in [-0.15, -0.1) is 0 Å². The number of halogens is 1. The summed E-state index contributed by atoms with van der Waals surface area (Å²) in [6.07, 6.45) is 6.50. The number of aliphatic hydroxyl groups is 1. The highest BCUT2D eigenvalue weighted by Gasteiger charge is 2.23. The van der Waals surface area contributed by atoms with Crippen LogP contribution in [0.2, 0.25) is 0 Å². The summed E-state index contributed by atoms with van der Waals surface area (Å²) in [5, 5.41) is 15.8. The molecule has 5 N–H and O–H groups in total. The van der Waals surface area contributed by atoms with E-state index in [1.165, 1.54) is 25.6 Å². The van der Waals surface area contributed by atoms with Gasteiger partial charge < -0.3 is 30.9 Å². The number of carbonyl (C=O) groups is 1. The van der Waals surface area contributed by atoms with Crippen molar-refractivity contribution in [1.82, 2.24) is 25.3 Å². The molecule has 0 spiro atoms. The van der Waals surface area contributed by atoms with E-state index in [1.54, 1.807) is 6.07 Å². The molecule has 11 nitrogen and oxygen atoms in total. The zero-order chi connectivity index (χ0) is 24.8. The number of nitrogens with two attached hydrogens (primary N) is 1. The van der Waals surface area contributed by atoms with E-state index >= 15 is 0 Å². The summed E-state index contributed by atoms with van der Waals surface area (Å²) in [6, 6.07) is 3.01.